The highest BCUT2D eigenvalue weighted by molar-refractivity contribution is 7.89. The van der Waals surface area contributed by atoms with E-state index >= 15 is 0 Å². The van der Waals surface area contributed by atoms with Crippen LogP contribution >= 0.6 is 0 Å². The molecule has 0 heterocycles. The average molecular weight is 274 g/mol. The fraction of sp³-hybridized carbons (Fsp3) is 0.818. The van der Waals surface area contributed by atoms with Gasteiger partial charge >= 0.3 is 5.97 Å². The van der Waals surface area contributed by atoms with Gasteiger partial charge in [0.15, 0.2) is 5.75 Å². The summed E-state index contributed by atoms with van der Waals surface area (Å²) in [6.07, 6.45) is 2.51. The van der Waals surface area contributed by atoms with Crippen molar-refractivity contribution >= 4 is 16.0 Å². The lowest BCUT2D eigenvalue weighted by Gasteiger charge is -2.35. The molecule has 1 fully saturated rings. The molecule has 1 aliphatic carbocycles. The Labute approximate surface area is 107 Å². The standard InChI is InChI=1S/C11H18N2O4S/c1-9-2-4-11(5-3-9,10(14)15)8-13-18(16,17)7-6-12/h9,13H,2-5,7-8H2,1H3,(H,14,15). The first kappa shape index (κ1) is 14.9. The molecule has 1 rings (SSSR count). The maximum Gasteiger partial charge on any atom is 0.310 e. The topological polar surface area (TPSA) is 107 Å². The molecule has 0 unspecified atom stereocenters. The molecule has 0 aromatic carbocycles. The first-order chi connectivity index (χ1) is 8.31. The van der Waals surface area contributed by atoms with Gasteiger partial charge in [0.2, 0.25) is 10.0 Å². The van der Waals surface area contributed by atoms with Gasteiger partial charge < -0.3 is 5.11 Å². The van der Waals surface area contributed by atoms with Crippen LogP contribution in [0.25, 0.3) is 0 Å². The van der Waals surface area contributed by atoms with E-state index in [-0.39, 0.29) is 6.54 Å². The molecule has 102 valence electrons. The maximum absolute atomic E-state index is 11.4. The molecule has 2 N–H and O–H groups in total. The first-order valence-electron chi connectivity index (χ1n) is 5.89. The van der Waals surface area contributed by atoms with Crippen molar-refractivity contribution in [1.82, 2.24) is 4.72 Å². The molecule has 0 atom stereocenters. The Bertz CT molecular complexity index is 444. The van der Waals surface area contributed by atoms with Gasteiger partial charge in [-0.1, -0.05) is 6.92 Å². The lowest BCUT2D eigenvalue weighted by molar-refractivity contribution is -0.151. The fourth-order valence-electron chi connectivity index (χ4n) is 2.17. The number of carboxylic acids is 1. The normalized spacial score (nSPS) is 28.6. The van der Waals surface area contributed by atoms with Gasteiger partial charge in [-0.05, 0) is 31.6 Å². The molecule has 18 heavy (non-hydrogen) atoms. The number of hydrogen-bond acceptors (Lipinski definition) is 4. The second kappa shape index (κ2) is 5.67. The van der Waals surface area contributed by atoms with Gasteiger partial charge in [-0.15, -0.1) is 0 Å². The van der Waals surface area contributed by atoms with Crippen LogP contribution in [-0.4, -0.2) is 31.8 Å². The quantitative estimate of drug-likeness (QED) is 0.767. The van der Waals surface area contributed by atoms with Gasteiger partial charge in [-0.25, -0.2) is 13.1 Å². The predicted octanol–water partition coefficient (Wildman–Crippen LogP) is 0.710. The number of nitriles is 1. The fourth-order valence-corrected chi connectivity index (χ4v) is 2.93. The molecule has 0 aromatic rings. The minimum absolute atomic E-state index is 0.126. The zero-order valence-corrected chi connectivity index (χ0v) is 11.2. The van der Waals surface area contributed by atoms with Crippen molar-refractivity contribution in [3.63, 3.8) is 0 Å². The summed E-state index contributed by atoms with van der Waals surface area (Å²) in [5.41, 5.74) is -1.02. The van der Waals surface area contributed by atoms with Crippen LogP contribution in [0.15, 0.2) is 0 Å². The van der Waals surface area contributed by atoms with E-state index in [1.807, 2.05) is 0 Å². The summed E-state index contributed by atoms with van der Waals surface area (Å²) in [7, 11) is -3.69. The third-order valence-electron chi connectivity index (χ3n) is 3.57. The highest BCUT2D eigenvalue weighted by atomic mass is 32.2. The molecule has 1 saturated carbocycles. The summed E-state index contributed by atoms with van der Waals surface area (Å²) in [6.45, 7) is 1.94. The van der Waals surface area contributed by atoms with E-state index in [1.165, 1.54) is 0 Å². The number of hydrogen-bond donors (Lipinski definition) is 2. The van der Waals surface area contributed by atoms with Crippen LogP contribution in [-0.2, 0) is 14.8 Å². The predicted molar refractivity (Wildman–Crippen MR) is 65.1 cm³/mol. The highest BCUT2D eigenvalue weighted by Gasteiger charge is 2.41. The second-order valence-corrected chi connectivity index (χ2v) is 6.81. The average Bonchev–Trinajstić information content (AvgIpc) is 2.28. The van der Waals surface area contributed by atoms with Crippen molar-refractivity contribution in [3.8, 4) is 6.07 Å². The molecule has 0 radical (unpaired) electrons. The van der Waals surface area contributed by atoms with Crippen molar-refractivity contribution in [3.05, 3.63) is 0 Å². The Morgan fingerprint density at radius 1 is 1.50 bits per heavy atom. The number of rotatable bonds is 5. The summed E-state index contributed by atoms with van der Waals surface area (Å²) in [5, 5.41) is 17.7. The van der Waals surface area contributed by atoms with E-state index in [4.69, 9.17) is 5.26 Å². The Balaban J connectivity index is 2.71. The Hall–Kier alpha value is -1.13. The van der Waals surface area contributed by atoms with Crippen LogP contribution in [0.5, 0.6) is 0 Å². The molecule has 0 amide bonds. The van der Waals surface area contributed by atoms with E-state index in [9.17, 15) is 18.3 Å². The van der Waals surface area contributed by atoms with Gasteiger partial charge in [0.05, 0.1) is 11.5 Å². The molecular weight excluding hydrogens is 256 g/mol. The molecule has 0 saturated heterocycles. The van der Waals surface area contributed by atoms with Crippen LogP contribution in [0.3, 0.4) is 0 Å². The third-order valence-corrected chi connectivity index (χ3v) is 4.66. The third kappa shape index (κ3) is 3.68. The number of sulfonamides is 1. The van der Waals surface area contributed by atoms with E-state index in [0.29, 0.717) is 18.8 Å². The van der Waals surface area contributed by atoms with E-state index in [0.717, 1.165) is 12.8 Å². The highest BCUT2D eigenvalue weighted by Crippen LogP contribution is 2.38. The molecule has 7 heteroatoms. The van der Waals surface area contributed by atoms with Crippen molar-refractivity contribution in [2.24, 2.45) is 11.3 Å². The minimum Gasteiger partial charge on any atom is -0.481 e. The van der Waals surface area contributed by atoms with Crippen LogP contribution in [0, 0.1) is 22.7 Å². The largest absolute Gasteiger partial charge is 0.481 e. The lowest BCUT2D eigenvalue weighted by Crippen LogP contribution is -2.45. The zero-order valence-electron chi connectivity index (χ0n) is 10.3. The first-order valence-corrected chi connectivity index (χ1v) is 7.54. The molecular formula is C11H18N2O4S. The van der Waals surface area contributed by atoms with Crippen LogP contribution in [0.1, 0.15) is 32.6 Å². The van der Waals surface area contributed by atoms with Gasteiger partial charge in [0.25, 0.3) is 0 Å². The summed E-state index contributed by atoms with van der Waals surface area (Å²) < 4.78 is 25.0. The Morgan fingerprint density at radius 3 is 2.50 bits per heavy atom. The van der Waals surface area contributed by atoms with Crippen LogP contribution in [0.4, 0.5) is 0 Å². The van der Waals surface area contributed by atoms with Crippen molar-refractivity contribution in [1.29, 1.82) is 5.26 Å². The van der Waals surface area contributed by atoms with Crippen LogP contribution < -0.4 is 4.72 Å². The zero-order chi connectivity index (χ0) is 13.8. The number of aliphatic carboxylic acids is 1. The Morgan fingerprint density at radius 2 is 2.06 bits per heavy atom. The minimum atomic E-state index is -3.69. The van der Waals surface area contributed by atoms with Gasteiger partial charge in [0, 0.05) is 6.54 Å². The van der Waals surface area contributed by atoms with Gasteiger partial charge in [0.1, 0.15) is 0 Å². The van der Waals surface area contributed by atoms with E-state index < -0.39 is 27.2 Å². The van der Waals surface area contributed by atoms with Crippen molar-refractivity contribution in [2.45, 2.75) is 32.6 Å². The molecule has 1 aliphatic rings. The molecule has 6 nitrogen and oxygen atoms in total. The monoisotopic (exact) mass is 274 g/mol. The second-order valence-electron chi connectivity index (χ2n) is 5.01. The summed E-state index contributed by atoms with van der Waals surface area (Å²) in [4.78, 5) is 11.4. The number of carbonyl (C=O) groups is 1. The SMILES string of the molecule is CC1CCC(CNS(=O)(=O)CC#N)(C(=O)O)CC1. The molecule has 0 aliphatic heterocycles. The molecule has 0 aromatic heterocycles. The summed E-state index contributed by atoms with van der Waals surface area (Å²) in [6, 6.07) is 1.55. The van der Waals surface area contributed by atoms with Gasteiger partial charge in [-0.2, -0.15) is 5.26 Å². The smallest absolute Gasteiger partial charge is 0.310 e. The number of nitrogens with one attached hydrogen (secondary N) is 1. The number of carboxylic acid groups (broad SMARTS) is 1. The van der Waals surface area contributed by atoms with Gasteiger partial charge in [-0.3, -0.25) is 4.79 Å². The van der Waals surface area contributed by atoms with Crippen molar-refractivity contribution in [2.75, 3.05) is 12.3 Å². The van der Waals surface area contributed by atoms with Crippen molar-refractivity contribution < 1.29 is 18.3 Å². The van der Waals surface area contributed by atoms with Crippen LogP contribution in [0.2, 0.25) is 0 Å². The van der Waals surface area contributed by atoms with E-state index in [2.05, 4.69) is 11.6 Å². The summed E-state index contributed by atoms with van der Waals surface area (Å²) in [5.74, 6) is -1.12. The molecule has 0 bridgehead atoms. The van der Waals surface area contributed by atoms with E-state index in [1.54, 1.807) is 6.07 Å². The summed E-state index contributed by atoms with van der Waals surface area (Å²) >= 11 is 0. The molecule has 0 spiro atoms. The Kier molecular flexibility index (Phi) is 4.71. The number of nitrogens with zero attached hydrogens (tertiary/aromatic N) is 1. The maximum atomic E-state index is 11.4. The lowest BCUT2D eigenvalue weighted by atomic mass is 9.71.